The molecule has 0 unspecified atom stereocenters. The predicted octanol–water partition coefficient (Wildman–Crippen LogP) is 3.05. The van der Waals surface area contributed by atoms with Crippen molar-refractivity contribution in [1.29, 1.82) is 0 Å². The molecule has 0 saturated heterocycles. The maximum atomic E-state index is 10.6. The van der Waals surface area contributed by atoms with E-state index in [9.17, 15) is 30.1 Å². The van der Waals surface area contributed by atoms with E-state index >= 15 is 0 Å². The molecule has 1 aromatic carbocycles. The van der Waals surface area contributed by atoms with Crippen LogP contribution in [0.1, 0.15) is 10.4 Å². The second-order valence-electron chi connectivity index (χ2n) is 5.11. The van der Waals surface area contributed by atoms with Gasteiger partial charge in [-0.3, -0.25) is 30.2 Å². The van der Waals surface area contributed by atoms with Gasteiger partial charge in [-0.25, -0.2) is 4.79 Å². The molecule has 0 amide bonds. The number of pyridine rings is 2. The number of carbonyl (C=O) groups is 1. The average Bonchev–Trinajstić information content (AvgIpc) is 2.69. The molecule has 12 heteroatoms. The molecule has 0 aliphatic carbocycles. The van der Waals surface area contributed by atoms with Gasteiger partial charge in [0.15, 0.2) is 0 Å². The molecule has 0 aliphatic heterocycles. The first-order chi connectivity index (χ1) is 13.3. The van der Waals surface area contributed by atoms with E-state index in [4.69, 9.17) is 5.11 Å². The summed E-state index contributed by atoms with van der Waals surface area (Å²) in [5, 5.41) is 38.5. The Bertz CT molecular complexity index is 944. The fourth-order valence-corrected chi connectivity index (χ4v) is 2.04. The number of non-ortho nitro benzene ring substituents is 1. The predicted molar refractivity (Wildman–Crippen MR) is 95.8 cm³/mol. The van der Waals surface area contributed by atoms with Gasteiger partial charge in [-0.1, -0.05) is 12.1 Å². The smallest absolute Gasteiger partial charge is 0.340 e. The number of rotatable bonds is 4. The molecule has 2 aromatic heterocycles. The molecule has 0 bridgehead atoms. The van der Waals surface area contributed by atoms with Crippen molar-refractivity contribution in [3.05, 3.63) is 86.7 Å². The molecule has 0 atom stereocenters. The summed E-state index contributed by atoms with van der Waals surface area (Å²) in [5.41, 5.74) is -0.856. The van der Waals surface area contributed by atoms with Crippen LogP contribution in [0.15, 0.2) is 60.9 Å². The van der Waals surface area contributed by atoms with Crippen LogP contribution in [-0.4, -0.2) is 36.0 Å². The van der Waals surface area contributed by atoms with Crippen molar-refractivity contribution in [3.63, 3.8) is 0 Å². The largest absolute Gasteiger partial charge is 0.501 e. The van der Waals surface area contributed by atoms with E-state index in [1.165, 1.54) is 0 Å². The van der Waals surface area contributed by atoms with Gasteiger partial charge in [-0.15, -0.1) is 0 Å². The molecular formula is C17H12MnN4O7. The number of nitro groups is 2. The summed E-state index contributed by atoms with van der Waals surface area (Å²) in [7, 11) is 0. The third-order valence-corrected chi connectivity index (χ3v) is 3.30. The van der Waals surface area contributed by atoms with Crippen LogP contribution in [0, 0.1) is 20.2 Å². The number of phenols is 1. The molecule has 0 aliphatic rings. The van der Waals surface area contributed by atoms with E-state index in [0.29, 0.717) is 12.1 Å². The Kier molecular flexibility index (Phi) is 8.34. The van der Waals surface area contributed by atoms with Crippen LogP contribution in [-0.2, 0) is 17.1 Å². The molecule has 11 nitrogen and oxygen atoms in total. The van der Waals surface area contributed by atoms with E-state index in [-0.39, 0.29) is 17.1 Å². The summed E-state index contributed by atoms with van der Waals surface area (Å²) in [5.74, 6) is -2.80. The Morgan fingerprint density at radius 1 is 0.897 bits per heavy atom. The topological polar surface area (TPSA) is 170 Å². The van der Waals surface area contributed by atoms with Gasteiger partial charge in [-0.05, 0) is 24.3 Å². The van der Waals surface area contributed by atoms with Crippen molar-refractivity contribution < 1.29 is 41.9 Å². The number of hydrogen-bond acceptors (Lipinski definition) is 8. The molecule has 1 radical (unpaired) electrons. The second-order valence-corrected chi connectivity index (χ2v) is 5.11. The quantitative estimate of drug-likeness (QED) is 0.352. The minimum atomic E-state index is -1.69. The maximum Gasteiger partial charge on any atom is 0.340 e. The van der Waals surface area contributed by atoms with Gasteiger partial charge in [0.05, 0.1) is 27.3 Å². The van der Waals surface area contributed by atoms with E-state index in [1.807, 2.05) is 36.4 Å². The number of benzene rings is 1. The van der Waals surface area contributed by atoms with E-state index < -0.39 is 38.5 Å². The monoisotopic (exact) mass is 439 g/mol. The van der Waals surface area contributed by atoms with Crippen LogP contribution in [0.2, 0.25) is 0 Å². The first-order valence-electron chi connectivity index (χ1n) is 7.52. The van der Waals surface area contributed by atoms with Gasteiger partial charge < -0.3 is 10.2 Å². The molecule has 3 rings (SSSR count). The average molecular weight is 439 g/mol. The van der Waals surface area contributed by atoms with E-state index in [0.717, 1.165) is 11.4 Å². The first kappa shape index (κ1) is 23.1. The first-order valence-corrected chi connectivity index (χ1v) is 7.52. The Labute approximate surface area is 173 Å². The van der Waals surface area contributed by atoms with Gasteiger partial charge in [0, 0.05) is 35.5 Å². The van der Waals surface area contributed by atoms with Crippen molar-refractivity contribution in [3.8, 4) is 17.1 Å². The molecular weight excluding hydrogens is 427 g/mol. The summed E-state index contributed by atoms with van der Waals surface area (Å²) in [6.45, 7) is 0. The Balaban J connectivity index is 0.000000289. The van der Waals surface area contributed by atoms with Gasteiger partial charge >= 0.3 is 11.7 Å². The van der Waals surface area contributed by atoms with Crippen LogP contribution in [0.3, 0.4) is 0 Å². The van der Waals surface area contributed by atoms with Crippen molar-refractivity contribution in [1.82, 2.24) is 9.97 Å². The van der Waals surface area contributed by atoms with Crippen LogP contribution in [0.4, 0.5) is 11.4 Å². The van der Waals surface area contributed by atoms with Crippen molar-refractivity contribution >= 4 is 17.3 Å². The molecule has 2 heterocycles. The zero-order chi connectivity index (χ0) is 20.7. The summed E-state index contributed by atoms with van der Waals surface area (Å²) < 4.78 is 0. The van der Waals surface area contributed by atoms with Crippen LogP contribution < -0.4 is 0 Å². The number of aromatic nitrogens is 2. The van der Waals surface area contributed by atoms with Gasteiger partial charge in [0.1, 0.15) is 5.56 Å². The molecule has 3 aromatic rings. The van der Waals surface area contributed by atoms with E-state index in [1.54, 1.807) is 12.4 Å². The normalized spacial score (nSPS) is 9.38. The van der Waals surface area contributed by atoms with Crippen LogP contribution in [0.5, 0.6) is 5.75 Å². The fraction of sp³-hybridized carbons (Fsp3) is 0. The fourth-order valence-electron chi connectivity index (χ4n) is 2.04. The molecule has 0 fully saturated rings. The minimum Gasteiger partial charge on any atom is -0.501 e. The zero-order valence-electron chi connectivity index (χ0n) is 14.4. The Morgan fingerprint density at radius 2 is 1.41 bits per heavy atom. The number of nitrogens with zero attached hydrogens (tertiary/aromatic N) is 4. The third kappa shape index (κ3) is 6.06. The maximum absolute atomic E-state index is 10.6. The number of nitro benzene ring substituents is 2. The summed E-state index contributed by atoms with van der Waals surface area (Å²) in [4.78, 5) is 37.6. The van der Waals surface area contributed by atoms with Crippen molar-refractivity contribution in [2.75, 3.05) is 0 Å². The summed E-state index contributed by atoms with van der Waals surface area (Å²) in [6, 6.07) is 12.6. The second kappa shape index (κ2) is 10.4. The Hall–Kier alpha value is -3.89. The van der Waals surface area contributed by atoms with E-state index in [2.05, 4.69) is 9.97 Å². The van der Waals surface area contributed by atoms with Crippen molar-refractivity contribution in [2.45, 2.75) is 0 Å². The molecule has 149 valence electrons. The molecule has 29 heavy (non-hydrogen) atoms. The number of aromatic hydroxyl groups is 1. The minimum absolute atomic E-state index is 0. The van der Waals surface area contributed by atoms with Crippen LogP contribution >= 0.6 is 0 Å². The summed E-state index contributed by atoms with van der Waals surface area (Å²) >= 11 is 0. The standard InChI is InChI=1S/C10H8N2.C7H4N2O7.Mn/c1-3-7-11-9(5-1)10-6-2-4-8-12-10;10-6-4(7(11)12)1-3(8(13)14)2-5(6)9(15)16;/h1-8H;1-2,10H,(H,11,12);. The Morgan fingerprint density at radius 3 is 1.76 bits per heavy atom. The number of carboxylic acids is 1. The SMILES string of the molecule is O=C(O)c1cc([N+](=O)[O-])cc([N+](=O)[O-])c1O.[Mn].c1ccc(-c2ccccn2)nc1. The van der Waals surface area contributed by atoms with Gasteiger partial charge in [0.25, 0.3) is 5.69 Å². The number of aromatic carboxylic acids is 1. The van der Waals surface area contributed by atoms with Crippen molar-refractivity contribution in [2.24, 2.45) is 0 Å². The molecule has 0 saturated carbocycles. The van der Waals surface area contributed by atoms with Crippen LogP contribution in [0.25, 0.3) is 11.4 Å². The summed E-state index contributed by atoms with van der Waals surface area (Å²) in [6.07, 6.45) is 3.54. The molecule has 2 N–H and O–H groups in total. The zero-order valence-corrected chi connectivity index (χ0v) is 15.6. The molecule has 0 spiro atoms. The van der Waals surface area contributed by atoms with Gasteiger partial charge in [0.2, 0.25) is 5.75 Å². The third-order valence-electron chi connectivity index (χ3n) is 3.30. The van der Waals surface area contributed by atoms with Gasteiger partial charge in [-0.2, -0.15) is 0 Å². The number of hydrogen-bond donors (Lipinski definition) is 2. The number of carboxylic acid groups (broad SMARTS) is 1.